The lowest BCUT2D eigenvalue weighted by atomic mass is 10.0. The van der Waals surface area contributed by atoms with Crippen LogP contribution in [0.25, 0.3) is 0 Å². The maximum atomic E-state index is 13.4. The Bertz CT molecular complexity index is 1290. The number of nitrogens with one attached hydrogen (secondary N) is 3. The Morgan fingerprint density at radius 2 is 1.71 bits per heavy atom. The lowest BCUT2D eigenvalue weighted by molar-refractivity contribution is -0.125. The van der Waals surface area contributed by atoms with Crippen LogP contribution in [0.15, 0.2) is 60.0 Å². The van der Waals surface area contributed by atoms with Gasteiger partial charge in [-0.15, -0.1) is 11.3 Å². The number of carbonyl (C=O) groups is 3. The van der Waals surface area contributed by atoms with Crippen molar-refractivity contribution in [3.8, 4) is 0 Å². The van der Waals surface area contributed by atoms with Gasteiger partial charge in [0.25, 0.3) is 11.8 Å². The SMILES string of the molecule is Cc1csc(CN(C)C(=O)c2cccc(C(=O)NC(CNC(C(=O)NCC(C)C)C(C)O)Cc3ccccc3)c2)n1. The third kappa shape index (κ3) is 10.1. The molecule has 220 valence electrons. The molecule has 0 aliphatic carbocycles. The number of nitrogens with zero attached hydrogens (tertiary/aromatic N) is 2. The molecular weight excluding hydrogens is 538 g/mol. The minimum absolute atomic E-state index is 0.206. The van der Waals surface area contributed by atoms with Crippen molar-refractivity contribution in [2.75, 3.05) is 20.1 Å². The highest BCUT2D eigenvalue weighted by Gasteiger charge is 2.25. The summed E-state index contributed by atoms with van der Waals surface area (Å²) in [6, 6.07) is 15.1. The molecule has 0 aliphatic heterocycles. The van der Waals surface area contributed by atoms with E-state index in [0.29, 0.717) is 30.6 Å². The topological polar surface area (TPSA) is 124 Å². The molecule has 3 rings (SSSR count). The van der Waals surface area contributed by atoms with Gasteiger partial charge >= 0.3 is 0 Å². The van der Waals surface area contributed by atoms with Gasteiger partial charge in [0, 0.05) is 48.4 Å². The van der Waals surface area contributed by atoms with Crippen LogP contribution < -0.4 is 16.0 Å². The molecule has 0 fully saturated rings. The number of amides is 3. The fourth-order valence-corrected chi connectivity index (χ4v) is 5.10. The Morgan fingerprint density at radius 1 is 1.00 bits per heavy atom. The predicted octanol–water partition coefficient (Wildman–Crippen LogP) is 3.18. The Balaban J connectivity index is 1.71. The molecule has 3 amide bonds. The Labute approximate surface area is 246 Å². The average Bonchev–Trinajstić information content (AvgIpc) is 3.35. The molecule has 4 N–H and O–H groups in total. The summed E-state index contributed by atoms with van der Waals surface area (Å²) in [6.45, 7) is 8.61. The first-order valence-electron chi connectivity index (χ1n) is 13.8. The third-order valence-corrected chi connectivity index (χ3v) is 7.40. The largest absolute Gasteiger partial charge is 0.391 e. The van der Waals surface area contributed by atoms with Crippen LogP contribution in [0.1, 0.15) is 57.8 Å². The number of aliphatic hydroxyl groups is 1. The summed E-state index contributed by atoms with van der Waals surface area (Å²) in [5.41, 5.74) is 2.69. The van der Waals surface area contributed by atoms with Gasteiger partial charge in [0.2, 0.25) is 5.91 Å². The smallest absolute Gasteiger partial charge is 0.253 e. The molecule has 0 bridgehead atoms. The van der Waals surface area contributed by atoms with E-state index in [4.69, 9.17) is 0 Å². The second-order valence-corrected chi connectivity index (χ2v) is 11.7. The number of carbonyl (C=O) groups excluding carboxylic acids is 3. The predicted molar refractivity (Wildman–Crippen MR) is 162 cm³/mol. The molecule has 0 saturated carbocycles. The first-order valence-corrected chi connectivity index (χ1v) is 14.7. The number of rotatable bonds is 14. The van der Waals surface area contributed by atoms with Gasteiger partial charge in [-0.1, -0.05) is 50.2 Å². The molecule has 41 heavy (non-hydrogen) atoms. The zero-order chi connectivity index (χ0) is 29.9. The number of aromatic nitrogens is 1. The number of thiazole rings is 1. The number of hydrogen-bond donors (Lipinski definition) is 4. The molecule has 0 saturated heterocycles. The molecule has 0 radical (unpaired) electrons. The zero-order valence-electron chi connectivity index (χ0n) is 24.4. The Hall–Kier alpha value is -3.60. The van der Waals surface area contributed by atoms with Crippen LogP contribution in [0.3, 0.4) is 0 Å². The van der Waals surface area contributed by atoms with Gasteiger partial charge in [-0.3, -0.25) is 14.4 Å². The highest BCUT2D eigenvalue weighted by atomic mass is 32.1. The molecule has 0 aliphatic rings. The molecule has 9 nitrogen and oxygen atoms in total. The van der Waals surface area contributed by atoms with Crippen LogP contribution in [0.2, 0.25) is 0 Å². The van der Waals surface area contributed by atoms with Crippen molar-refractivity contribution in [2.24, 2.45) is 5.92 Å². The molecule has 1 aromatic heterocycles. The van der Waals surface area contributed by atoms with Crippen LogP contribution in [-0.2, 0) is 17.8 Å². The average molecular weight is 580 g/mol. The number of benzene rings is 2. The van der Waals surface area contributed by atoms with E-state index in [0.717, 1.165) is 16.3 Å². The molecule has 3 unspecified atom stereocenters. The van der Waals surface area contributed by atoms with Crippen molar-refractivity contribution in [1.29, 1.82) is 0 Å². The fourth-order valence-electron chi connectivity index (χ4n) is 4.27. The van der Waals surface area contributed by atoms with Gasteiger partial charge in [0.1, 0.15) is 11.0 Å². The molecule has 2 aromatic carbocycles. The number of aryl methyl sites for hydroxylation is 1. The van der Waals surface area contributed by atoms with Crippen molar-refractivity contribution in [1.82, 2.24) is 25.8 Å². The van der Waals surface area contributed by atoms with Crippen LogP contribution in [0.4, 0.5) is 0 Å². The van der Waals surface area contributed by atoms with Crippen molar-refractivity contribution < 1.29 is 19.5 Å². The van der Waals surface area contributed by atoms with Gasteiger partial charge < -0.3 is 26.0 Å². The lowest BCUT2D eigenvalue weighted by Crippen LogP contribution is -2.55. The number of aliphatic hydroxyl groups excluding tert-OH is 1. The molecule has 3 atom stereocenters. The first kappa shape index (κ1) is 31.9. The van der Waals surface area contributed by atoms with Crippen LogP contribution in [-0.4, -0.2) is 71.0 Å². The van der Waals surface area contributed by atoms with Crippen molar-refractivity contribution in [3.05, 3.63) is 87.4 Å². The number of hydrogen-bond acceptors (Lipinski definition) is 7. The summed E-state index contributed by atoms with van der Waals surface area (Å²) in [4.78, 5) is 45.2. The van der Waals surface area contributed by atoms with E-state index in [1.165, 1.54) is 11.3 Å². The summed E-state index contributed by atoms with van der Waals surface area (Å²) >= 11 is 1.50. The minimum atomic E-state index is -0.928. The monoisotopic (exact) mass is 579 g/mol. The quantitative estimate of drug-likeness (QED) is 0.233. The molecular formula is C31H41N5O4S. The Kier molecular flexibility index (Phi) is 12.0. The first-order chi connectivity index (χ1) is 19.5. The summed E-state index contributed by atoms with van der Waals surface area (Å²) < 4.78 is 0. The van der Waals surface area contributed by atoms with Gasteiger partial charge in [-0.05, 0) is 49.9 Å². The minimum Gasteiger partial charge on any atom is -0.391 e. The van der Waals surface area contributed by atoms with Gasteiger partial charge in [0.15, 0.2) is 0 Å². The summed E-state index contributed by atoms with van der Waals surface area (Å²) in [5.74, 6) is -0.555. The molecule has 1 heterocycles. The molecule has 3 aromatic rings. The normalized spacial score (nSPS) is 13.3. The van der Waals surface area contributed by atoms with Crippen molar-refractivity contribution >= 4 is 29.1 Å². The van der Waals surface area contributed by atoms with Crippen LogP contribution in [0, 0.1) is 12.8 Å². The third-order valence-electron chi connectivity index (χ3n) is 6.45. The second-order valence-electron chi connectivity index (χ2n) is 10.8. The summed E-state index contributed by atoms with van der Waals surface area (Å²) in [5, 5.41) is 22.1. The van der Waals surface area contributed by atoms with Gasteiger partial charge in [0.05, 0.1) is 12.6 Å². The summed E-state index contributed by atoms with van der Waals surface area (Å²) in [7, 11) is 1.71. The van der Waals surface area contributed by atoms with E-state index in [9.17, 15) is 19.5 Å². The van der Waals surface area contributed by atoms with E-state index in [2.05, 4.69) is 20.9 Å². The van der Waals surface area contributed by atoms with Gasteiger partial charge in [-0.25, -0.2) is 4.98 Å². The van der Waals surface area contributed by atoms with E-state index >= 15 is 0 Å². The van der Waals surface area contributed by atoms with Crippen molar-refractivity contribution in [3.63, 3.8) is 0 Å². The maximum absolute atomic E-state index is 13.4. The van der Waals surface area contributed by atoms with Crippen molar-refractivity contribution in [2.45, 2.75) is 58.8 Å². The highest BCUT2D eigenvalue weighted by molar-refractivity contribution is 7.09. The van der Waals surface area contributed by atoms with E-state index < -0.39 is 12.1 Å². The highest BCUT2D eigenvalue weighted by Crippen LogP contribution is 2.14. The Morgan fingerprint density at radius 3 is 2.34 bits per heavy atom. The molecule has 10 heteroatoms. The maximum Gasteiger partial charge on any atom is 0.253 e. The van der Waals surface area contributed by atoms with Crippen LogP contribution in [0.5, 0.6) is 0 Å². The van der Waals surface area contributed by atoms with E-state index in [-0.39, 0.29) is 36.2 Å². The lowest BCUT2D eigenvalue weighted by Gasteiger charge is -2.26. The summed E-state index contributed by atoms with van der Waals surface area (Å²) in [6.07, 6.45) is -0.419. The fraction of sp³-hybridized carbons (Fsp3) is 0.419. The molecule has 0 spiro atoms. The standard InChI is InChI=1S/C31H41N5O4S/c1-20(2)16-33-30(39)28(22(4)37)32-17-26(14-23-10-7-6-8-11-23)35-29(38)24-12-9-13-25(15-24)31(40)36(5)18-27-34-21(3)19-41-27/h6-13,15,19-20,22,26,28,32,37H,14,16-18H2,1-5H3,(H,33,39)(H,35,38). The van der Waals surface area contributed by atoms with E-state index in [1.54, 1.807) is 43.1 Å². The van der Waals surface area contributed by atoms with Crippen LogP contribution >= 0.6 is 11.3 Å². The zero-order valence-corrected chi connectivity index (χ0v) is 25.2. The van der Waals surface area contributed by atoms with E-state index in [1.807, 2.05) is 56.5 Å². The second kappa shape index (κ2) is 15.4. The van der Waals surface area contributed by atoms with Gasteiger partial charge in [-0.2, -0.15) is 0 Å².